The third-order valence-electron chi connectivity index (χ3n) is 2.71. The number of halogens is 2. The van der Waals surface area contributed by atoms with Gasteiger partial charge in [-0.1, -0.05) is 15.9 Å². The maximum Gasteiger partial charge on any atom is 0.124 e. The lowest BCUT2D eigenvalue weighted by atomic mass is 10.0. The summed E-state index contributed by atoms with van der Waals surface area (Å²) in [5.41, 5.74) is 2.41. The highest BCUT2D eigenvalue weighted by Gasteiger charge is 2.18. The Bertz CT molecular complexity index is 544. The Morgan fingerprint density at radius 1 is 1.39 bits per heavy atom. The lowest BCUT2D eigenvalue weighted by molar-refractivity contribution is 0.405. The molecule has 2 aromatic rings. The van der Waals surface area contributed by atoms with Gasteiger partial charge >= 0.3 is 0 Å². The van der Waals surface area contributed by atoms with E-state index in [9.17, 15) is 0 Å². The van der Waals surface area contributed by atoms with Gasteiger partial charge < -0.3 is 10.1 Å². The van der Waals surface area contributed by atoms with Gasteiger partial charge in [-0.25, -0.2) is 0 Å². The molecule has 0 amide bonds. The van der Waals surface area contributed by atoms with Crippen LogP contribution < -0.4 is 10.1 Å². The molecule has 1 N–H and O–H groups in total. The molecule has 0 radical (unpaired) electrons. The van der Waals surface area contributed by atoms with Crippen molar-refractivity contribution < 1.29 is 4.74 Å². The first-order chi connectivity index (χ1) is 8.65. The number of ether oxygens (including phenoxy) is 1. The quantitative estimate of drug-likeness (QED) is 0.714. The molecule has 0 fully saturated rings. The lowest BCUT2D eigenvalue weighted by Crippen LogP contribution is -2.17. The van der Waals surface area contributed by atoms with Crippen molar-refractivity contribution in [2.75, 3.05) is 14.2 Å². The van der Waals surface area contributed by atoms with Crippen molar-refractivity contribution in [1.29, 1.82) is 0 Å². The maximum atomic E-state index is 5.45. The summed E-state index contributed by atoms with van der Waals surface area (Å²) in [5.74, 6) is 0.902. The smallest absolute Gasteiger partial charge is 0.124 e. The number of hydrogen-bond acceptors (Lipinski definition) is 3. The molecule has 1 aromatic heterocycles. The Morgan fingerprint density at radius 3 is 2.72 bits per heavy atom. The number of benzene rings is 1. The minimum atomic E-state index is 0.150. The fourth-order valence-corrected chi connectivity index (χ4v) is 3.68. The average molecular weight is 438 g/mol. The van der Waals surface area contributed by atoms with E-state index in [2.05, 4.69) is 61.4 Å². The highest BCUT2D eigenvalue weighted by Crippen LogP contribution is 2.34. The zero-order valence-electron chi connectivity index (χ0n) is 10.0. The molecule has 2 rings (SSSR count). The standard InChI is InChI=1S/C13H13BrINOS/c1-16-13(8-5-12(15)18-7-8)10-6-9(14)3-4-11(10)17-2/h3-7,13,16H,1-2H3. The summed E-state index contributed by atoms with van der Waals surface area (Å²) in [5, 5.41) is 5.54. The summed E-state index contributed by atoms with van der Waals surface area (Å²) in [6.07, 6.45) is 0. The van der Waals surface area contributed by atoms with Gasteiger partial charge in [0.15, 0.2) is 0 Å². The lowest BCUT2D eigenvalue weighted by Gasteiger charge is -2.19. The number of rotatable bonds is 4. The van der Waals surface area contributed by atoms with Gasteiger partial charge in [0.1, 0.15) is 5.75 Å². The monoisotopic (exact) mass is 437 g/mol. The Morgan fingerprint density at radius 2 is 2.17 bits per heavy atom. The third kappa shape index (κ3) is 3.07. The van der Waals surface area contributed by atoms with Gasteiger partial charge in [0.25, 0.3) is 0 Å². The van der Waals surface area contributed by atoms with Crippen molar-refractivity contribution in [3.63, 3.8) is 0 Å². The van der Waals surface area contributed by atoms with E-state index in [1.54, 1.807) is 18.4 Å². The van der Waals surface area contributed by atoms with Crippen LogP contribution in [0.3, 0.4) is 0 Å². The van der Waals surface area contributed by atoms with E-state index in [1.807, 2.05) is 19.2 Å². The number of hydrogen-bond donors (Lipinski definition) is 1. The highest BCUT2D eigenvalue weighted by atomic mass is 127. The summed E-state index contributed by atoms with van der Waals surface area (Å²) in [6, 6.07) is 8.43. The van der Waals surface area contributed by atoms with Crippen LogP contribution in [0.2, 0.25) is 0 Å². The van der Waals surface area contributed by atoms with Crippen LogP contribution >= 0.6 is 49.9 Å². The Balaban J connectivity index is 2.47. The van der Waals surface area contributed by atoms with Crippen molar-refractivity contribution in [2.45, 2.75) is 6.04 Å². The molecular weight excluding hydrogens is 425 g/mol. The van der Waals surface area contributed by atoms with Crippen LogP contribution in [0, 0.1) is 2.88 Å². The highest BCUT2D eigenvalue weighted by molar-refractivity contribution is 14.1. The Labute approximate surface area is 133 Å². The molecule has 0 spiro atoms. The molecule has 1 aromatic carbocycles. The van der Waals surface area contributed by atoms with Crippen LogP contribution in [0.5, 0.6) is 5.75 Å². The molecule has 0 aliphatic heterocycles. The summed E-state index contributed by atoms with van der Waals surface area (Å²) >= 11 is 7.62. The zero-order chi connectivity index (χ0) is 13.1. The van der Waals surface area contributed by atoms with Gasteiger partial charge in [-0.05, 0) is 64.8 Å². The van der Waals surface area contributed by atoms with Crippen molar-refractivity contribution in [3.05, 3.63) is 48.1 Å². The largest absolute Gasteiger partial charge is 0.496 e. The second-order valence-corrected chi connectivity index (χ2v) is 7.51. The fraction of sp³-hybridized carbons (Fsp3) is 0.231. The van der Waals surface area contributed by atoms with Crippen LogP contribution in [0.4, 0.5) is 0 Å². The SMILES string of the molecule is CNC(c1csc(I)c1)c1cc(Br)ccc1OC. The molecule has 2 nitrogen and oxygen atoms in total. The fourth-order valence-electron chi connectivity index (χ4n) is 1.91. The van der Waals surface area contributed by atoms with Gasteiger partial charge in [0.2, 0.25) is 0 Å². The van der Waals surface area contributed by atoms with Gasteiger partial charge in [0, 0.05) is 10.0 Å². The number of thiophene rings is 1. The first-order valence-corrected chi connectivity index (χ1v) is 8.15. The summed E-state index contributed by atoms with van der Waals surface area (Å²) in [6.45, 7) is 0. The van der Waals surface area contributed by atoms with E-state index in [4.69, 9.17) is 4.74 Å². The van der Waals surface area contributed by atoms with Crippen molar-refractivity contribution in [1.82, 2.24) is 5.32 Å². The molecule has 1 heterocycles. The minimum absolute atomic E-state index is 0.150. The van der Waals surface area contributed by atoms with E-state index in [-0.39, 0.29) is 6.04 Å². The number of methoxy groups -OCH3 is 1. The summed E-state index contributed by atoms with van der Waals surface area (Å²) < 4.78 is 7.80. The van der Waals surface area contributed by atoms with Crippen LogP contribution in [0.25, 0.3) is 0 Å². The molecule has 0 aliphatic rings. The molecule has 0 saturated heterocycles. The molecular formula is C13H13BrINOS. The normalized spacial score (nSPS) is 12.4. The van der Waals surface area contributed by atoms with Gasteiger partial charge in [0.05, 0.1) is 16.0 Å². The van der Waals surface area contributed by atoms with Crippen LogP contribution in [-0.2, 0) is 0 Å². The first-order valence-electron chi connectivity index (χ1n) is 5.40. The predicted octanol–water partition coefficient (Wildman–Crippen LogP) is 4.43. The third-order valence-corrected chi connectivity index (χ3v) is 5.01. The minimum Gasteiger partial charge on any atom is -0.496 e. The molecule has 0 bridgehead atoms. The van der Waals surface area contributed by atoms with E-state index < -0.39 is 0 Å². The summed E-state index contributed by atoms with van der Waals surface area (Å²) in [7, 11) is 3.67. The van der Waals surface area contributed by atoms with E-state index in [0.29, 0.717) is 0 Å². The van der Waals surface area contributed by atoms with Gasteiger partial charge in [-0.2, -0.15) is 0 Å². The van der Waals surface area contributed by atoms with Crippen molar-refractivity contribution >= 4 is 49.9 Å². The predicted molar refractivity (Wildman–Crippen MR) is 88.6 cm³/mol. The second-order valence-electron chi connectivity index (χ2n) is 3.79. The van der Waals surface area contributed by atoms with Crippen molar-refractivity contribution in [2.24, 2.45) is 0 Å². The maximum absolute atomic E-state index is 5.45. The van der Waals surface area contributed by atoms with Crippen LogP contribution in [-0.4, -0.2) is 14.2 Å². The second kappa shape index (κ2) is 6.36. The molecule has 1 atom stereocenters. The molecule has 0 aliphatic carbocycles. The molecule has 0 saturated carbocycles. The molecule has 18 heavy (non-hydrogen) atoms. The average Bonchev–Trinajstić information content (AvgIpc) is 2.77. The van der Waals surface area contributed by atoms with E-state index in [1.165, 1.54) is 8.45 Å². The topological polar surface area (TPSA) is 21.3 Å². The summed E-state index contributed by atoms with van der Waals surface area (Å²) in [4.78, 5) is 0. The van der Waals surface area contributed by atoms with Crippen molar-refractivity contribution in [3.8, 4) is 5.75 Å². The first kappa shape index (κ1) is 14.3. The Hall–Kier alpha value is -0.110. The van der Waals surface area contributed by atoms with Gasteiger partial charge in [-0.3, -0.25) is 0 Å². The molecule has 96 valence electrons. The van der Waals surface area contributed by atoms with Crippen LogP contribution in [0.1, 0.15) is 17.2 Å². The van der Waals surface area contributed by atoms with Crippen LogP contribution in [0.15, 0.2) is 34.1 Å². The zero-order valence-corrected chi connectivity index (χ0v) is 14.6. The van der Waals surface area contributed by atoms with E-state index >= 15 is 0 Å². The number of nitrogens with one attached hydrogen (secondary N) is 1. The van der Waals surface area contributed by atoms with Gasteiger partial charge in [-0.15, -0.1) is 11.3 Å². The Kier molecular flexibility index (Phi) is 5.06. The molecule has 5 heteroatoms. The molecule has 1 unspecified atom stereocenters. The van der Waals surface area contributed by atoms with E-state index in [0.717, 1.165) is 15.8 Å².